The van der Waals surface area contributed by atoms with Crippen LogP contribution in [0.3, 0.4) is 0 Å². The highest BCUT2D eigenvalue weighted by atomic mass is 35.5. The average Bonchev–Trinajstić information content (AvgIpc) is 1.98. The number of esters is 1. The van der Waals surface area contributed by atoms with E-state index in [0.717, 1.165) is 0 Å². The number of alkyl halides is 1. The molecule has 72 valence electrons. The van der Waals surface area contributed by atoms with E-state index in [0.29, 0.717) is 0 Å². The van der Waals surface area contributed by atoms with E-state index in [2.05, 4.69) is 10.1 Å². The first-order valence-corrected chi connectivity index (χ1v) is 3.56. The van der Waals surface area contributed by atoms with Crippen LogP contribution in [0.4, 0.5) is 0 Å². The van der Waals surface area contributed by atoms with E-state index >= 15 is 0 Å². The minimum absolute atomic E-state index is 0. The molecule has 0 bridgehead atoms. The van der Waals surface area contributed by atoms with Crippen molar-refractivity contribution in [2.45, 2.75) is 13.0 Å². The Morgan fingerprint density at radius 3 is 2.33 bits per heavy atom. The van der Waals surface area contributed by atoms with Gasteiger partial charge in [-0.1, -0.05) is 0 Å². The van der Waals surface area contributed by atoms with Crippen LogP contribution in [0.5, 0.6) is 0 Å². The summed E-state index contributed by atoms with van der Waals surface area (Å²) < 4.78 is 4.37. The Labute approximate surface area is 82.0 Å². The lowest BCUT2D eigenvalue weighted by molar-refractivity contribution is -0.144. The summed E-state index contributed by atoms with van der Waals surface area (Å²) in [6, 6.07) is -0.737. The molecule has 4 nitrogen and oxygen atoms in total. The molecule has 0 fully saturated rings. The minimum atomic E-state index is -0.737. The van der Waals surface area contributed by atoms with Gasteiger partial charge in [0.2, 0.25) is 5.91 Å². The number of carbonyl (C=O) groups is 2. The average molecular weight is 216 g/mol. The van der Waals surface area contributed by atoms with E-state index in [1.165, 1.54) is 14.0 Å². The molecule has 0 heterocycles. The van der Waals surface area contributed by atoms with Gasteiger partial charge in [-0.05, 0) is 0 Å². The molecule has 1 amide bonds. The molecule has 0 aromatic carbocycles. The normalized spacial score (nSPS) is 10.9. The molecule has 0 aliphatic carbocycles. The van der Waals surface area contributed by atoms with Crippen molar-refractivity contribution in [3.63, 3.8) is 0 Å². The van der Waals surface area contributed by atoms with Crippen LogP contribution < -0.4 is 5.32 Å². The number of nitrogens with one attached hydrogen (secondary N) is 1. The van der Waals surface area contributed by atoms with Gasteiger partial charge in [0.1, 0.15) is 6.04 Å². The molecule has 0 aromatic rings. The lowest BCUT2D eigenvalue weighted by Gasteiger charge is -2.10. The molecule has 1 unspecified atom stereocenters. The number of amides is 1. The zero-order valence-corrected chi connectivity index (χ0v) is 8.37. The predicted molar refractivity (Wildman–Crippen MR) is 47.6 cm³/mol. The Morgan fingerprint density at radius 2 is 2.08 bits per heavy atom. The van der Waals surface area contributed by atoms with Gasteiger partial charge in [0.05, 0.1) is 13.0 Å². The molecule has 0 aliphatic rings. The van der Waals surface area contributed by atoms with Gasteiger partial charge >= 0.3 is 5.97 Å². The van der Waals surface area contributed by atoms with Crippen molar-refractivity contribution in [3.05, 3.63) is 0 Å². The highest BCUT2D eigenvalue weighted by molar-refractivity contribution is 6.19. The smallest absolute Gasteiger partial charge is 0.329 e. The van der Waals surface area contributed by atoms with Gasteiger partial charge in [-0.3, -0.25) is 4.79 Å². The first-order valence-electron chi connectivity index (χ1n) is 3.02. The molecule has 0 aromatic heterocycles. The maximum atomic E-state index is 10.8. The van der Waals surface area contributed by atoms with Crippen LogP contribution in [0.25, 0.3) is 0 Å². The first-order chi connectivity index (χ1) is 5.11. The highest BCUT2D eigenvalue weighted by Crippen LogP contribution is 1.91. The van der Waals surface area contributed by atoms with Crippen molar-refractivity contribution >= 4 is 35.9 Å². The Morgan fingerprint density at radius 1 is 1.58 bits per heavy atom. The van der Waals surface area contributed by atoms with Crippen molar-refractivity contribution < 1.29 is 14.3 Å². The molecule has 0 saturated carbocycles. The highest BCUT2D eigenvalue weighted by Gasteiger charge is 2.17. The summed E-state index contributed by atoms with van der Waals surface area (Å²) in [6.07, 6.45) is 0. The van der Waals surface area contributed by atoms with Crippen LogP contribution in [-0.4, -0.2) is 30.9 Å². The SMILES string of the molecule is COC(=O)C(CCl)NC(C)=O.Cl. The topological polar surface area (TPSA) is 55.4 Å². The predicted octanol–water partition coefficient (Wildman–Crippen LogP) is 0.325. The van der Waals surface area contributed by atoms with Crippen LogP contribution in [0.1, 0.15) is 6.92 Å². The van der Waals surface area contributed by atoms with E-state index in [-0.39, 0.29) is 24.2 Å². The lowest BCUT2D eigenvalue weighted by atomic mass is 10.3. The number of methoxy groups -OCH3 is 1. The van der Waals surface area contributed by atoms with E-state index in [1.807, 2.05) is 0 Å². The number of rotatable bonds is 3. The fraction of sp³-hybridized carbons (Fsp3) is 0.667. The quantitative estimate of drug-likeness (QED) is 0.546. The summed E-state index contributed by atoms with van der Waals surface area (Å²) in [4.78, 5) is 21.2. The number of ether oxygens (including phenoxy) is 1. The van der Waals surface area contributed by atoms with Gasteiger partial charge < -0.3 is 10.1 Å². The van der Waals surface area contributed by atoms with Crippen LogP contribution >= 0.6 is 24.0 Å². The Bertz CT molecular complexity index is 163. The molecule has 0 radical (unpaired) electrons. The molecular formula is C6H11Cl2NO3. The first kappa shape index (κ1) is 14.1. The molecular weight excluding hydrogens is 205 g/mol. The van der Waals surface area contributed by atoms with Gasteiger partial charge in [0.15, 0.2) is 0 Å². The van der Waals surface area contributed by atoms with E-state index in [9.17, 15) is 9.59 Å². The zero-order chi connectivity index (χ0) is 8.85. The minimum Gasteiger partial charge on any atom is -0.467 e. The summed E-state index contributed by atoms with van der Waals surface area (Å²) in [5.74, 6) is -0.817. The Hall–Kier alpha value is -0.480. The fourth-order valence-corrected chi connectivity index (χ4v) is 0.751. The number of halogens is 2. The van der Waals surface area contributed by atoms with Crippen molar-refractivity contribution in [2.75, 3.05) is 13.0 Å². The van der Waals surface area contributed by atoms with E-state index in [4.69, 9.17) is 11.6 Å². The van der Waals surface area contributed by atoms with Gasteiger partial charge in [-0.25, -0.2) is 4.79 Å². The standard InChI is InChI=1S/C6H10ClNO3.ClH/c1-4(9)8-5(3-7)6(10)11-2;/h5H,3H2,1-2H3,(H,8,9);1H. The molecule has 6 heteroatoms. The van der Waals surface area contributed by atoms with Crippen molar-refractivity contribution in [3.8, 4) is 0 Å². The number of hydrogen-bond acceptors (Lipinski definition) is 3. The second kappa shape index (κ2) is 7.18. The van der Waals surface area contributed by atoms with Crippen LogP contribution in [-0.2, 0) is 14.3 Å². The Balaban J connectivity index is 0. The van der Waals surface area contributed by atoms with E-state index < -0.39 is 12.0 Å². The summed E-state index contributed by atoms with van der Waals surface area (Å²) in [5.41, 5.74) is 0. The number of hydrogen-bond donors (Lipinski definition) is 1. The molecule has 0 rings (SSSR count). The molecule has 0 saturated heterocycles. The second-order valence-electron chi connectivity index (χ2n) is 1.93. The van der Waals surface area contributed by atoms with Crippen molar-refractivity contribution in [2.24, 2.45) is 0 Å². The monoisotopic (exact) mass is 215 g/mol. The molecule has 0 spiro atoms. The molecule has 12 heavy (non-hydrogen) atoms. The third-order valence-corrected chi connectivity index (χ3v) is 1.33. The maximum absolute atomic E-state index is 10.8. The zero-order valence-electron chi connectivity index (χ0n) is 6.80. The van der Waals surface area contributed by atoms with Crippen LogP contribution in [0.15, 0.2) is 0 Å². The fourth-order valence-electron chi connectivity index (χ4n) is 0.548. The Kier molecular flexibility index (Phi) is 8.42. The van der Waals surface area contributed by atoms with Crippen LogP contribution in [0.2, 0.25) is 0 Å². The number of carbonyl (C=O) groups excluding carboxylic acids is 2. The van der Waals surface area contributed by atoms with Gasteiger partial charge in [-0.15, -0.1) is 24.0 Å². The summed E-state index contributed by atoms with van der Waals surface area (Å²) >= 11 is 5.37. The maximum Gasteiger partial charge on any atom is 0.329 e. The molecule has 1 N–H and O–H groups in total. The second-order valence-corrected chi connectivity index (χ2v) is 2.24. The molecule has 1 atom stereocenters. The summed E-state index contributed by atoms with van der Waals surface area (Å²) in [5, 5.41) is 2.33. The summed E-state index contributed by atoms with van der Waals surface area (Å²) in [7, 11) is 1.24. The van der Waals surface area contributed by atoms with Gasteiger partial charge in [0.25, 0.3) is 0 Å². The van der Waals surface area contributed by atoms with Gasteiger partial charge in [-0.2, -0.15) is 0 Å². The third kappa shape index (κ3) is 5.21. The van der Waals surface area contributed by atoms with Crippen molar-refractivity contribution in [1.29, 1.82) is 0 Å². The van der Waals surface area contributed by atoms with Crippen molar-refractivity contribution in [1.82, 2.24) is 5.32 Å². The third-order valence-electron chi connectivity index (χ3n) is 1.02. The van der Waals surface area contributed by atoms with Gasteiger partial charge in [0, 0.05) is 6.92 Å². The summed E-state index contributed by atoms with van der Waals surface area (Å²) in [6.45, 7) is 1.31. The largest absolute Gasteiger partial charge is 0.467 e. The van der Waals surface area contributed by atoms with Crippen LogP contribution in [0, 0.1) is 0 Å². The molecule has 0 aliphatic heterocycles. The lowest BCUT2D eigenvalue weighted by Crippen LogP contribution is -2.41. The van der Waals surface area contributed by atoms with E-state index in [1.54, 1.807) is 0 Å².